The molecule has 0 saturated heterocycles. The van der Waals surface area contributed by atoms with E-state index in [0.29, 0.717) is 18.5 Å². The van der Waals surface area contributed by atoms with E-state index in [2.05, 4.69) is 24.1 Å². The Morgan fingerprint density at radius 2 is 2.29 bits per heavy atom. The molecule has 1 heterocycles. The van der Waals surface area contributed by atoms with Gasteiger partial charge in [-0.15, -0.1) is 0 Å². The molecule has 1 rings (SSSR count). The molecule has 0 amide bonds. The van der Waals surface area contributed by atoms with Crippen LogP contribution >= 0.6 is 0 Å². The van der Waals surface area contributed by atoms with Crippen molar-refractivity contribution in [2.24, 2.45) is 5.92 Å². The summed E-state index contributed by atoms with van der Waals surface area (Å²) < 4.78 is 1.63. The zero-order valence-electron chi connectivity index (χ0n) is 8.90. The van der Waals surface area contributed by atoms with Crippen LogP contribution in [0.5, 0.6) is 0 Å². The minimum atomic E-state index is 0.000833. The molecule has 4 heteroatoms. The lowest BCUT2D eigenvalue weighted by atomic mass is 10.1. The molecule has 0 bridgehead atoms. The molecule has 0 fully saturated rings. The van der Waals surface area contributed by atoms with Gasteiger partial charge in [-0.05, 0) is 13.0 Å². The molecule has 4 nitrogen and oxygen atoms in total. The van der Waals surface area contributed by atoms with Crippen LogP contribution in [0.2, 0.25) is 0 Å². The molecule has 0 saturated carbocycles. The number of hydrogen-bond acceptors (Lipinski definition) is 3. The Balaban J connectivity index is 2.77. The second-order valence-corrected chi connectivity index (χ2v) is 3.71. The van der Waals surface area contributed by atoms with Gasteiger partial charge in [0.15, 0.2) is 0 Å². The van der Waals surface area contributed by atoms with E-state index in [4.69, 9.17) is 0 Å². The van der Waals surface area contributed by atoms with Crippen LogP contribution in [0.25, 0.3) is 0 Å². The van der Waals surface area contributed by atoms with Crippen LogP contribution in [0, 0.1) is 5.92 Å². The first-order valence-corrected chi connectivity index (χ1v) is 4.83. The third kappa shape index (κ3) is 2.67. The predicted molar refractivity (Wildman–Crippen MR) is 56.2 cm³/mol. The first-order chi connectivity index (χ1) is 6.65. The predicted octanol–water partition coefficient (Wildman–Crippen LogP) is 0.487. The summed E-state index contributed by atoms with van der Waals surface area (Å²) in [6.45, 7) is 4.92. The summed E-state index contributed by atoms with van der Waals surface area (Å²) in [5.74, 6) is 0.493. The maximum atomic E-state index is 11.4. The van der Waals surface area contributed by atoms with E-state index in [0.717, 1.165) is 0 Å². The van der Waals surface area contributed by atoms with E-state index in [1.54, 1.807) is 10.9 Å². The Kier molecular flexibility index (Phi) is 3.83. The van der Waals surface area contributed by atoms with Crippen LogP contribution in [0.3, 0.4) is 0 Å². The molecule has 0 aromatic carbocycles. The summed E-state index contributed by atoms with van der Waals surface area (Å²) in [6.07, 6.45) is 3.09. The van der Waals surface area contributed by atoms with Gasteiger partial charge in [0.2, 0.25) is 0 Å². The standard InChI is InChI=1S/C10H17N3O/c1-8(2)9(11-3)6-13-7-12-5-4-10(13)14/h4-5,7-9,11H,6H2,1-3H3. The fourth-order valence-electron chi connectivity index (χ4n) is 1.36. The highest BCUT2D eigenvalue weighted by Crippen LogP contribution is 2.02. The Bertz CT molecular complexity index is 332. The summed E-state index contributed by atoms with van der Waals surface area (Å²) >= 11 is 0. The Labute approximate surface area is 84.0 Å². The van der Waals surface area contributed by atoms with Crippen molar-refractivity contribution in [2.45, 2.75) is 26.4 Å². The van der Waals surface area contributed by atoms with E-state index in [9.17, 15) is 4.79 Å². The minimum absolute atomic E-state index is 0.000833. The van der Waals surface area contributed by atoms with Crippen LogP contribution in [0.4, 0.5) is 0 Å². The van der Waals surface area contributed by atoms with Gasteiger partial charge in [0.05, 0.1) is 6.33 Å². The Morgan fingerprint density at radius 1 is 1.57 bits per heavy atom. The topological polar surface area (TPSA) is 46.9 Å². The lowest BCUT2D eigenvalue weighted by Gasteiger charge is -2.20. The average molecular weight is 195 g/mol. The van der Waals surface area contributed by atoms with Gasteiger partial charge in [0, 0.05) is 24.8 Å². The van der Waals surface area contributed by atoms with E-state index in [-0.39, 0.29) is 5.56 Å². The van der Waals surface area contributed by atoms with Gasteiger partial charge in [0.1, 0.15) is 0 Å². The molecule has 1 aromatic rings. The lowest BCUT2D eigenvalue weighted by molar-refractivity contribution is 0.371. The van der Waals surface area contributed by atoms with Crippen LogP contribution in [-0.2, 0) is 6.54 Å². The van der Waals surface area contributed by atoms with E-state index in [1.807, 2.05) is 7.05 Å². The highest BCUT2D eigenvalue weighted by Gasteiger charge is 2.11. The molecule has 14 heavy (non-hydrogen) atoms. The summed E-state index contributed by atoms with van der Waals surface area (Å²) in [7, 11) is 1.91. The third-order valence-corrected chi connectivity index (χ3v) is 2.36. The largest absolute Gasteiger partial charge is 0.315 e. The second kappa shape index (κ2) is 4.91. The molecule has 0 radical (unpaired) electrons. The zero-order valence-corrected chi connectivity index (χ0v) is 8.90. The van der Waals surface area contributed by atoms with Gasteiger partial charge >= 0.3 is 0 Å². The zero-order chi connectivity index (χ0) is 10.6. The first-order valence-electron chi connectivity index (χ1n) is 4.83. The Morgan fingerprint density at radius 3 is 2.79 bits per heavy atom. The van der Waals surface area contributed by atoms with E-state index < -0.39 is 0 Å². The highest BCUT2D eigenvalue weighted by atomic mass is 16.1. The van der Waals surface area contributed by atoms with Gasteiger partial charge in [0.25, 0.3) is 5.56 Å². The van der Waals surface area contributed by atoms with Crippen molar-refractivity contribution in [2.75, 3.05) is 7.05 Å². The van der Waals surface area contributed by atoms with Crippen LogP contribution in [0.1, 0.15) is 13.8 Å². The molecule has 1 atom stereocenters. The molecular weight excluding hydrogens is 178 g/mol. The number of nitrogens with zero attached hydrogens (tertiary/aromatic N) is 2. The smallest absolute Gasteiger partial charge is 0.253 e. The van der Waals surface area contributed by atoms with Gasteiger partial charge in [-0.1, -0.05) is 13.8 Å². The first kappa shape index (κ1) is 10.9. The normalized spacial score (nSPS) is 13.1. The minimum Gasteiger partial charge on any atom is -0.315 e. The van der Waals surface area contributed by atoms with Crippen molar-refractivity contribution < 1.29 is 0 Å². The van der Waals surface area contributed by atoms with Gasteiger partial charge in [-0.2, -0.15) is 0 Å². The van der Waals surface area contributed by atoms with Crippen molar-refractivity contribution >= 4 is 0 Å². The van der Waals surface area contributed by atoms with Crippen molar-refractivity contribution in [3.8, 4) is 0 Å². The monoisotopic (exact) mass is 195 g/mol. The number of nitrogens with one attached hydrogen (secondary N) is 1. The number of likely N-dealkylation sites (N-methyl/N-ethyl adjacent to an activating group) is 1. The van der Waals surface area contributed by atoms with Crippen LogP contribution in [0.15, 0.2) is 23.4 Å². The number of aromatic nitrogens is 2. The van der Waals surface area contributed by atoms with Crippen LogP contribution < -0.4 is 10.9 Å². The summed E-state index contributed by atoms with van der Waals surface area (Å²) in [6, 6.07) is 1.78. The molecule has 0 aliphatic heterocycles. The van der Waals surface area contributed by atoms with Gasteiger partial charge in [-0.25, -0.2) is 4.98 Å². The van der Waals surface area contributed by atoms with Crippen molar-refractivity contribution in [3.63, 3.8) is 0 Å². The molecular formula is C10H17N3O. The van der Waals surface area contributed by atoms with Crippen LogP contribution in [-0.4, -0.2) is 22.6 Å². The Hall–Kier alpha value is -1.16. The van der Waals surface area contributed by atoms with Gasteiger partial charge in [-0.3, -0.25) is 9.36 Å². The molecule has 78 valence electrons. The third-order valence-electron chi connectivity index (χ3n) is 2.36. The summed E-state index contributed by atoms with van der Waals surface area (Å²) in [5.41, 5.74) is 0.000833. The van der Waals surface area contributed by atoms with Crippen molar-refractivity contribution in [1.82, 2.24) is 14.9 Å². The maximum absolute atomic E-state index is 11.4. The van der Waals surface area contributed by atoms with Crippen molar-refractivity contribution in [1.29, 1.82) is 0 Å². The lowest BCUT2D eigenvalue weighted by Crippen LogP contribution is -2.38. The van der Waals surface area contributed by atoms with E-state index >= 15 is 0 Å². The molecule has 1 unspecified atom stereocenters. The second-order valence-electron chi connectivity index (χ2n) is 3.71. The molecule has 1 aromatic heterocycles. The van der Waals surface area contributed by atoms with Crippen molar-refractivity contribution in [3.05, 3.63) is 28.9 Å². The molecule has 1 N–H and O–H groups in total. The SMILES string of the molecule is CNC(Cn1cnccc1=O)C(C)C. The van der Waals surface area contributed by atoms with E-state index in [1.165, 1.54) is 12.3 Å². The fourth-order valence-corrected chi connectivity index (χ4v) is 1.36. The quantitative estimate of drug-likeness (QED) is 0.760. The fraction of sp³-hybridized carbons (Fsp3) is 0.600. The summed E-state index contributed by atoms with van der Waals surface area (Å²) in [5, 5.41) is 3.19. The number of rotatable bonds is 4. The molecule has 0 spiro atoms. The maximum Gasteiger partial charge on any atom is 0.253 e. The highest BCUT2D eigenvalue weighted by molar-refractivity contribution is 4.84. The average Bonchev–Trinajstić information content (AvgIpc) is 2.16. The number of hydrogen-bond donors (Lipinski definition) is 1. The summed E-state index contributed by atoms with van der Waals surface area (Å²) in [4.78, 5) is 15.3. The van der Waals surface area contributed by atoms with Gasteiger partial charge < -0.3 is 5.32 Å². The molecule has 0 aliphatic rings. The molecule has 0 aliphatic carbocycles.